The number of carbonyl (C=O) groups excluding carboxylic acids is 3. The molecule has 2 aliphatic heterocycles. The highest BCUT2D eigenvalue weighted by molar-refractivity contribution is 6.14. The highest BCUT2D eigenvalue weighted by Crippen LogP contribution is 2.36. The molecule has 0 bridgehead atoms. The van der Waals surface area contributed by atoms with Crippen molar-refractivity contribution < 1.29 is 46.5 Å². The quantitative estimate of drug-likeness (QED) is 0.217. The molecular formula is C34H32F4N6O6. The van der Waals surface area contributed by atoms with E-state index in [1.807, 2.05) is 0 Å². The molecule has 2 aliphatic rings. The van der Waals surface area contributed by atoms with Crippen LogP contribution >= 0.6 is 0 Å². The van der Waals surface area contributed by atoms with Crippen molar-refractivity contribution in [2.24, 2.45) is 0 Å². The summed E-state index contributed by atoms with van der Waals surface area (Å²) in [4.78, 5) is 52.3. The van der Waals surface area contributed by atoms with E-state index in [4.69, 9.17) is 9.47 Å². The minimum atomic E-state index is -4.63. The molecule has 2 N–H and O–H groups in total. The van der Waals surface area contributed by atoms with Crippen molar-refractivity contribution in [1.29, 1.82) is 0 Å². The number of benzene rings is 2. The number of aliphatic hydroxyl groups excluding tert-OH is 1. The summed E-state index contributed by atoms with van der Waals surface area (Å²) in [5, 5.41) is 14.2. The Kier molecular flexibility index (Phi) is 9.33. The van der Waals surface area contributed by atoms with Gasteiger partial charge in [-0.25, -0.2) is 14.2 Å². The van der Waals surface area contributed by atoms with E-state index in [1.165, 1.54) is 30.3 Å². The molecule has 0 aliphatic carbocycles. The van der Waals surface area contributed by atoms with Gasteiger partial charge in [0.05, 0.1) is 42.8 Å². The van der Waals surface area contributed by atoms with Crippen LogP contribution in [0.25, 0.3) is 10.9 Å². The van der Waals surface area contributed by atoms with Crippen LogP contribution in [0.1, 0.15) is 32.0 Å². The van der Waals surface area contributed by atoms with Crippen LogP contribution in [-0.2, 0) is 20.7 Å². The van der Waals surface area contributed by atoms with Crippen molar-refractivity contribution in [2.45, 2.75) is 38.0 Å². The summed E-state index contributed by atoms with van der Waals surface area (Å²) >= 11 is 0. The van der Waals surface area contributed by atoms with Crippen LogP contribution in [0.4, 0.5) is 34.6 Å². The van der Waals surface area contributed by atoms with E-state index in [1.54, 1.807) is 43.4 Å². The number of alkyl halides is 3. The number of rotatable bonds is 7. The number of amides is 2. The number of anilines is 3. The largest absolute Gasteiger partial charge is 0.467 e. The first kappa shape index (κ1) is 34.5. The third kappa shape index (κ3) is 6.27. The van der Waals surface area contributed by atoms with E-state index >= 15 is 4.39 Å². The van der Waals surface area contributed by atoms with Crippen molar-refractivity contribution in [3.63, 3.8) is 0 Å². The fraction of sp³-hybridized carbons (Fsp3) is 0.324. The first-order valence-electron chi connectivity index (χ1n) is 15.5. The topological polar surface area (TPSA) is 137 Å². The van der Waals surface area contributed by atoms with Gasteiger partial charge in [-0.2, -0.15) is 13.2 Å². The molecule has 3 atom stereocenters. The first-order valence-corrected chi connectivity index (χ1v) is 15.5. The number of halogens is 4. The summed E-state index contributed by atoms with van der Waals surface area (Å²) in [6.45, 7) is 0.651. The van der Waals surface area contributed by atoms with Crippen LogP contribution < -0.4 is 20.0 Å². The number of morpholine rings is 1. The summed E-state index contributed by atoms with van der Waals surface area (Å²) in [6, 6.07) is 8.62. The lowest BCUT2D eigenvalue weighted by atomic mass is 9.98. The van der Waals surface area contributed by atoms with Gasteiger partial charge >= 0.3 is 12.1 Å². The molecule has 262 valence electrons. The van der Waals surface area contributed by atoms with E-state index in [0.29, 0.717) is 22.2 Å². The maximum atomic E-state index is 15.5. The minimum absolute atomic E-state index is 0.0125. The molecule has 12 nitrogen and oxygen atoms in total. The number of fused-ring (bicyclic) bond motifs is 2. The summed E-state index contributed by atoms with van der Waals surface area (Å²) < 4.78 is 66.5. The van der Waals surface area contributed by atoms with Crippen LogP contribution in [-0.4, -0.2) is 91.4 Å². The zero-order valence-electron chi connectivity index (χ0n) is 27.1. The summed E-state index contributed by atoms with van der Waals surface area (Å²) in [7, 11) is 2.73. The summed E-state index contributed by atoms with van der Waals surface area (Å²) in [5.74, 6) is -3.46. The van der Waals surface area contributed by atoms with Crippen molar-refractivity contribution in [2.75, 3.05) is 48.6 Å². The third-order valence-corrected chi connectivity index (χ3v) is 8.82. The number of hydrogen-bond acceptors (Lipinski definition) is 10. The molecule has 1 unspecified atom stereocenters. The Balaban J connectivity index is 1.29. The number of esters is 1. The molecule has 1 fully saturated rings. The first-order chi connectivity index (χ1) is 23.8. The fourth-order valence-electron chi connectivity index (χ4n) is 6.33. The van der Waals surface area contributed by atoms with E-state index < -0.39 is 60.4 Å². The average molecular weight is 697 g/mol. The average Bonchev–Trinajstić information content (AvgIpc) is 3.10. The SMILES string of the molecule is COC(=O)[C@H](Cc1ccc(N2C(=O)c3ncccc3N(C)C2O)c2ncccc12)NC(=O)c1c(C)cc(N2CCOC[C@@H]2C(F)(F)F)cc1F. The molecule has 16 heteroatoms. The Bertz CT molecular complexity index is 1950. The van der Waals surface area contributed by atoms with Crippen molar-refractivity contribution in [1.82, 2.24) is 15.3 Å². The van der Waals surface area contributed by atoms with E-state index in [2.05, 4.69) is 15.3 Å². The van der Waals surface area contributed by atoms with E-state index in [-0.39, 0.29) is 42.2 Å². The van der Waals surface area contributed by atoms with Crippen molar-refractivity contribution in [3.05, 3.63) is 89.1 Å². The van der Waals surface area contributed by atoms with Crippen LogP contribution in [0.15, 0.2) is 60.9 Å². The van der Waals surface area contributed by atoms with Crippen LogP contribution in [0.3, 0.4) is 0 Å². The Morgan fingerprint density at radius 3 is 2.58 bits per heavy atom. The van der Waals surface area contributed by atoms with Gasteiger partial charge < -0.3 is 29.7 Å². The lowest BCUT2D eigenvalue weighted by Crippen LogP contribution is -2.54. The number of pyridine rings is 2. The minimum Gasteiger partial charge on any atom is -0.467 e. The van der Waals surface area contributed by atoms with Gasteiger partial charge in [-0.3, -0.25) is 19.5 Å². The van der Waals surface area contributed by atoms with Gasteiger partial charge in [-0.1, -0.05) is 12.1 Å². The number of carbonyl (C=O) groups is 3. The molecule has 4 aromatic rings. The zero-order valence-corrected chi connectivity index (χ0v) is 27.1. The normalized spacial score (nSPS) is 18.6. The Morgan fingerprint density at radius 1 is 1.12 bits per heavy atom. The number of nitrogens with one attached hydrogen (secondary N) is 1. The summed E-state index contributed by atoms with van der Waals surface area (Å²) in [6.07, 6.45) is -3.22. The number of aryl methyl sites for hydroxylation is 1. The molecule has 0 saturated carbocycles. The van der Waals surface area contributed by atoms with Gasteiger partial charge in [-0.05, 0) is 54.4 Å². The Labute approximate surface area is 283 Å². The third-order valence-electron chi connectivity index (χ3n) is 8.82. The maximum Gasteiger partial charge on any atom is 0.411 e. The number of nitrogens with zero attached hydrogens (tertiary/aromatic N) is 5. The predicted molar refractivity (Wildman–Crippen MR) is 173 cm³/mol. The molecule has 1 saturated heterocycles. The van der Waals surface area contributed by atoms with Gasteiger partial charge in [0.2, 0.25) is 6.35 Å². The smallest absolute Gasteiger partial charge is 0.411 e. The van der Waals surface area contributed by atoms with Crippen LogP contribution in [0.5, 0.6) is 0 Å². The molecular weight excluding hydrogens is 664 g/mol. The van der Waals surface area contributed by atoms with Crippen LogP contribution in [0.2, 0.25) is 0 Å². The Morgan fingerprint density at radius 2 is 1.86 bits per heavy atom. The van der Waals surface area contributed by atoms with E-state index in [0.717, 1.165) is 23.0 Å². The molecule has 2 amide bonds. The number of aliphatic hydroxyl groups is 1. The molecule has 4 heterocycles. The lowest BCUT2D eigenvalue weighted by molar-refractivity contribution is -0.167. The van der Waals surface area contributed by atoms with Crippen molar-refractivity contribution >= 4 is 45.7 Å². The van der Waals surface area contributed by atoms with Crippen molar-refractivity contribution in [3.8, 4) is 0 Å². The standard InChI is InChI=1S/C34H32F4N6O6/c1-18-14-20(43-12-13-50-17-26(43)34(36,37)38)16-22(35)27(18)30(45)41-23(32(47)49-3)15-19-8-9-25(28-21(19)6-4-10-39-28)44-31(46)29-24(7-5-11-40-29)42(2)33(44)48/h4-11,14,16,23,26,33,48H,12-13,15,17H2,1-3H3,(H,41,45)/t23-,26+,33?/m0/s1. The van der Waals surface area contributed by atoms with Crippen LogP contribution in [0, 0.1) is 12.7 Å². The predicted octanol–water partition coefficient (Wildman–Crippen LogP) is 3.73. The molecule has 50 heavy (non-hydrogen) atoms. The highest BCUT2D eigenvalue weighted by atomic mass is 19.4. The molecule has 2 aromatic carbocycles. The van der Waals surface area contributed by atoms with E-state index in [9.17, 15) is 32.7 Å². The number of aromatic nitrogens is 2. The van der Waals surface area contributed by atoms with Gasteiger partial charge in [0, 0.05) is 43.5 Å². The maximum absolute atomic E-state index is 15.5. The molecule has 2 aromatic heterocycles. The second-order valence-electron chi connectivity index (χ2n) is 11.8. The van der Waals surface area contributed by atoms with Gasteiger partial charge in [0.25, 0.3) is 11.8 Å². The lowest BCUT2D eigenvalue weighted by Gasteiger charge is -2.40. The number of methoxy groups -OCH3 is 1. The number of hydrogen-bond donors (Lipinski definition) is 2. The highest BCUT2D eigenvalue weighted by Gasteiger charge is 2.46. The van der Waals surface area contributed by atoms with Gasteiger partial charge in [-0.15, -0.1) is 0 Å². The zero-order chi connectivity index (χ0) is 35.9. The molecule has 0 spiro atoms. The number of ether oxygens (including phenoxy) is 2. The van der Waals surface area contributed by atoms with Gasteiger partial charge in [0.1, 0.15) is 17.9 Å². The molecule has 0 radical (unpaired) electrons. The second kappa shape index (κ2) is 13.5. The molecule has 6 rings (SSSR count). The fourth-order valence-corrected chi connectivity index (χ4v) is 6.33. The monoisotopic (exact) mass is 696 g/mol. The Hall–Kier alpha value is -5.35. The summed E-state index contributed by atoms with van der Waals surface area (Å²) in [5.41, 5.74) is 1.18. The second-order valence-corrected chi connectivity index (χ2v) is 11.8. The van der Waals surface area contributed by atoms with Gasteiger partial charge in [0.15, 0.2) is 5.69 Å².